The normalized spacial score (nSPS) is 32.9. The van der Waals surface area contributed by atoms with Crippen LogP contribution in [0.25, 0.3) is 0 Å². The number of H-pyrrole nitrogens is 1. The second-order valence-corrected chi connectivity index (χ2v) is 3.75. The van der Waals surface area contributed by atoms with E-state index in [1.54, 1.807) is 0 Å². The largest absolute Gasteiger partial charge is 0.394 e. The van der Waals surface area contributed by atoms with Gasteiger partial charge in [-0.25, -0.2) is 4.79 Å². The van der Waals surface area contributed by atoms with Gasteiger partial charge in [0.15, 0.2) is 6.23 Å². The summed E-state index contributed by atoms with van der Waals surface area (Å²) in [6.07, 6.45) is -3.58. The number of hydrogen-bond donors (Lipinski definition) is 4. The third-order valence-electron chi connectivity index (χ3n) is 2.64. The number of aliphatic hydroxyl groups is 3. The maximum Gasteiger partial charge on any atom is 0.330 e. The average molecular weight is 246 g/mol. The lowest BCUT2D eigenvalue weighted by Crippen LogP contribution is -2.37. The van der Waals surface area contributed by atoms with E-state index in [0.29, 0.717) is 0 Å². The first kappa shape index (κ1) is 12.0. The lowest BCUT2D eigenvalue weighted by Gasteiger charge is -2.16. The van der Waals surface area contributed by atoms with Crippen molar-refractivity contribution in [1.29, 1.82) is 0 Å². The standard InChI is InChI=1S/C9H12N2O6/c12-3-4-6(14)7(15)8(17-4)11-2-1-5(13)10-9(11)16/h1-2,4,6-8,12,14-15H,3H2,(H,10,13,16)/t4-,6-,7-,8-/m1/s1/i9+2. The van der Waals surface area contributed by atoms with E-state index < -0.39 is 42.4 Å². The van der Waals surface area contributed by atoms with E-state index in [0.717, 1.165) is 16.8 Å². The van der Waals surface area contributed by atoms with Crippen LogP contribution in [0.2, 0.25) is 0 Å². The van der Waals surface area contributed by atoms with Gasteiger partial charge in [0, 0.05) is 12.3 Å². The number of nitrogens with zero attached hydrogens (tertiary/aromatic N) is 1. The maximum absolute atomic E-state index is 11.4. The van der Waals surface area contributed by atoms with Gasteiger partial charge in [-0.1, -0.05) is 0 Å². The van der Waals surface area contributed by atoms with Gasteiger partial charge in [-0.05, 0) is 0 Å². The molecule has 0 spiro atoms. The Hall–Kier alpha value is -1.48. The highest BCUT2D eigenvalue weighted by atomic mass is 16.6. The predicted molar refractivity (Wildman–Crippen MR) is 54.3 cm³/mol. The van der Waals surface area contributed by atoms with Crippen LogP contribution in [0.15, 0.2) is 21.9 Å². The zero-order chi connectivity index (χ0) is 12.6. The Bertz CT molecular complexity index is 509. The Labute approximate surface area is 94.7 Å². The molecule has 0 radical (unpaired) electrons. The van der Waals surface area contributed by atoms with Crippen molar-refractivity contribution in [3.05, 3.63) is 33.1 Å². The molecule has 4 N–H and O–H groups in total. The summed E-state index contributed by atoms with van der Waals surface area (Å²) in [7, 11) is 0. The number of ether oxygens (including phenoxy) is 1. The van der Waals surface area contributed by atoms with Crippen LogP contribution in [-0.4, -0.2) is 49.8 Å². The molecule has 94 valence electrons. The van der Waals surface area contributed by atoms with Gasteiger partial charge in [0.25, 0.3) is 5.56 Å². The van der Waals surface area contributed by atoms with Crippen LogP contribution < -0.4 is 11.2 Å². The molecule has 8 nitrogen and oxygen atoms in total. The van der Waals surface area contributed by atoms with Crippen molar-refractivity contribution in [1.82, 2.24) is 9.55 Å². The molecule has 17 heavy (non-hydrogen) atoms. The fourth-order valence-electron chi connectivity index (χ4n) is 1.74. The van der Waals surface area contributed by atoms with E-state index in [1.165, 1.54) is 0 Å². The second-order valence-electron chi connectivity index (χ2n) is 3.75. The van der Waals surface area contributed by atoms with Gasteiger partial charge in [-0.2, -0.15) is 0 Å². The summed E-state index contributed by atoms with van der Waals surface area (Å²) in [5.74, 6) is 0. The Morgan fingerprint density at radius 3 is 2.71 bits per heavy atom. The molecular weight excluding hydrogens is 234 g/mol. The van der Waals surface area contributed by atoms with Gasteiger partial charge < -0.3 is 20.1 Å². The minimum atomic E-state index is -1.35. The highest BCUT2D eigenvalue weighted by molar-refractivity contribution is 4.92. The lowest BCUT2D eigenvalue weighted by atomic mass is 10.1. The minimum Gasteiger partial charge on any atom is -0.394 e. The SMILES string of the molecule is O=c1ccn([C@@H]2O[C@H](CO)[C@@H](O)[C@H]2O)[14c](=O)[nH]1. The smallest absolute Gasteiger partial charge is 0.330 e. The van der Waals surface area contributed by atoms with Crippen molar-refractivity contribution >= 4 is 0 Å². The summed E-state index contributed by atoms with van der Waals surface area (Å²) in [5.41, 5.74) is -1.33. The first-order chi connectivity index (χ1) is 8.04. The van der Waals surface area contributed by atoms with Crippen molar-refractivity contribution in [2.24, 2.45) is 0 Å². The molecule has 1 aromatic heterocycles. The molecule has 0 saturated carbocycles. The molecule has 2 rings (SSSR count). The molecule has 8 heteroatoms. The van der Waals surface area contributed by atoms with Crippen LogP contribution in [0.4, 0.5) is 0 Å². The number of aromatic nitrogens is 2. The second kappa shape index (κ2) is 4.41. The Kier molecular flexibility index (Phi) is 3.11. The van der Waals surface area contributed by atoms with Gasteiger partial charge in [0.1, 0.15) is 18.3 Å². The fourth-order valence-corrected chi connectivity index (χ4v) is 1.74. The van der Waals surface area contributed by atoms with E-state index in [-0.39, 0.29) is 0 Å². The third kappa shape index (κ3) is 2.03. The summed E-state index contributed by atoms with van der Waals surface area (Å²) in [6, 6.07) is 1.09. The van der Waals surface area contributed by atoms with E-state index in [2.05, 4.69) is 0 Å². The number of nitrogens with one attached hydrogen (secondary N) is 1. The van der Waals surface area contributed by atoms with Gasteiger partial charge in [0.2, 0.25) is 0 Å². The van der Waals surface area contributed by atoms with E-state index in [9.17, 15) is 19.8 Å². The number of aliphatic hydroxyl groups excluding tert-OH is 3. The Morgan fingerprint density at radius 2 is 2.18 bits per heavy atom. The monoisotopic (exact) mass is 246 g/mol. The number of aromatic amines is 1. The van der Waals surface area contributed by atoms with Crippen molar-refractivity contribution in [3.8, 4) is 0 Å². The minimum absolute atomic E-state index is 0.479. The molecule has 1 aromatic rings. The zero-order valence-electron chi connectivity index (χ0n) is 8.68. The fraction of sp³-hybridized carbons (Fsp3) is 0.556. The zero-order valence-corrected chi connectivity index (χ0v) is 8.68. The predicted octanol–water partition coefficient (Wildman–Crippen LogP) is -2.85. The first-order valence-electron chi connectivity index (χ1n) is 4.98. The van der Waals surface area contributed by atoms with Gasteiger partial charge in [0.05, 0.1) is 6.61 Å². The summed E-state index contributed by atoms with van der Waals surface area (Å²) in [5, 5.41) is 28.1. The van der Waals surface area contributed by atoms with Gasteiger partial charge in [-0.3, -0.25) is 14.3 Å². The van der Waals surface area contributed by atoms with E-state index in [1.807, 2.05) is 4.98 Å². The van der Waals surface area contributed by atoms with Gasteiger partial charge in [-0.15, -0.1) is 0 Å². The van der Waals surface area contributed by atoms with Crippen LogP contribution in [0, 0.1) is 0 Å². The summed E-state index contributed by atoms with van der Waals surface area (Å²) in [6.45, 7) is -0.479. The van der Waals surface area contributed by atoms with E-state index in [4.69, 9.17) is 9.84 Å². The topological polar surface area (TPSA) is 125 Å². The number of hydrogen-bond acceptors (Lipinski definition) is 6. The highest BCUT2D eigenvalue weighted by Crippen LogP contribution is 2.27. The molecule has 0 aliphatic carbocycles. The van der Waals surface area contributed by atoms with Crippen molar-refractivity contribution in [3.63, 3.8) is 0 Å². The average Bonchev–Trinajstić information content (AvgIpc) is 2.57. The Balaban J connectivity index is 2.35. The summed E-state index contributed by atoms with van der Waals surface area (Å²) >= 11 is 0. The summed E-state index contributed by atoms with van der Waals surface area (Å²) in [4.78, 5) is 24.3. The molecule has 4 atom stereocenters. The van der Waals surface area contributed by atoms with Crippen LogP contribution in [0.1, 0.15) is 6.23 Å². The third-order valence-corrected chi connectivity index (χ3v) is 2.64. The number of rotatable bonds is 2. The van der Waals surface area contributed by atoms with Crippen LogP contribution in [-0.2, 0) is 4.74 Å². The quantitative estimate of drug-likeness (QED) is 0.445. The molecule has 1 aliphatic heterocycles. The maximum atomic E-state index is 11.4. The molecule has 0 amide bonds. The van der Waals surface area contributed by atoms with Crippen molar-refractivity contribution in [2.75, 3.05) is 6.61 Å². The Morgan fingerprint density at radius 1 is 1.47 bits per heavy atom. The molecule has 1 fully saturated rings. The van der Waals surface area contributed by atoms with Crippen LogP contribution in [0.3, 0.4) is 0 Å². The van der Waals surface area contributed by atoms with Crippen LogP contribution >= 0.6 is 0 Å². The molecule has 0 unspecified atom stereocenters. The molecule has 0 bridgehead atoms. The molecule has 1 saturated heterocycles. The van der Waals surface area contributed by atoms with Crippen molar-refractivity contribution in [2.45, 2.75) is 24.5 Å². The first-order valence-corrected chi connectivity index (χ1v) is 4.98. The van der Waals surface area contributed by atoms with Gasteiger partial charge >= 0.3 is 5.69 Å². The molecule has 0 aromatic carbocycles. The molecule has 1 aliphatic rings. The lowest BCUT2D eigenvalue weighted by molar-refractivity contribution is -0.0550. The van der Waals surface area contributed by atoms with E-state index >= 15 is 0 Å². The van der Waals surface area contributed by atoms with Crippen LogP contribution in [0.5, 0.6) is 0 Å². The summed E-state index contributed by atoms with van der Waals surface area (Å²) < 4.78 is 6.08. The van der Waals surface area contributed by atoms with Crippen molar-refractivity contribution < 1.29 is 20.1 Å². The highest BCUT2D eigenvalue weighted by Gasteiger charge is 2.43. The molecular formula is C9H12N2O6. The molecule has 2 heterocycles.